The molecule has 0 unspecified atom stereocenters. The summed E-state index contributed by atoms with van der Waals surface area (Å²) in [6.07, 6.45) is 3.80. The van der Waals surface area contributed by atoms with Gasteiger partial charge >= 0.3 is 0 Å². The summed E-state index contributed by atoms with van der Waals surface area (Å²) < 4.78 is 0. The van der Waals surface area contributed by atoms with Crippen molar-refractivity contribution in [2.75, 3.05) is 19.6 Å². The number of guanidine groups is 1. The smallest absolute Gasteiger partial charge is 0.215 e. The van der Waals surface area contributed by atoms with E-state index in [9.17, 15) is 0 Å². The second-order valence-corrected chi connectivity index (χ2v) is 2.21. The molecule has 0 fully saturated rings. The van der Waals surface area contributed by atoms with Crippen molar-refractivity contribution in [3.05, 3.63) is 12.3 Å². The largest absolute Gasteiger partial charge is 0.353 e. The van der Waals surface area contributed by atoms with Crippen LogP contribution in [0.2, 0.25) is 0 Å². The lowest BCUT2D eigenvalue weighted by Crippen LogP contribution is -2.39. The van der Waals surface area contributed by atoms with Crippen molar-refractivity contribution in [3.8, 4) is 0 Å². The summed E-state index contributed by atoms with van der Waals surface area (Å²) in [5.41, 5.74) is 4.08. The highest BCUT2D eigenvalue weighted by molar-refractivity contribution is 5.81. The summed E-state index contributed by atoms with van der Waals surface area (Å²) in [6.45, 7) is 2.68. The van der Waals surface area contributed by atoms with Crippen LogP contribution in [-0.4, -0.2) is 30.6 Å². The van der Waals surface area contributed by atoms with Gasteiger partial charge in [0.1, 0.15) is 0 Å². The molecule has 4 nitrogen and oxygen atoms in total. The van der Waals surface area contributed by atoms with E-state index >= 15 is 0 Å². The number of hydrogen-bond donors (Lipinski definition) is 1. The van der Waals surface area contributed by atoms with Gasteiger partial charge in [0.15, 0.2) is 0 Å². The average Bonchev–Trinajstić information content (AvgIpc) is 2.59. The lowest BCUT2D eigenvalue weighted by atomic mass is 10.6. The number of nitrogens with one attached hydrogen (secondary N) is 1. The van der Waals surface area contributed by atoms with E-state index in [2.05, 4.69) is 15.7 Å². The maximum Gasteiger partial charge on any atom is 0.215 e. The molecule has 0 atom stereocenters. The average molecular weight is 137 g/mol. The Labute approximate surface area is 59.6 Å². The van der Waals surface area contributed by atoms with Gasteiger partial charge in [0.05, 0.1) is 13.1 Å². The minimum absolute atomic E-state index is 0.853. The van der Waals surface area contributed by atoms with E-state index in [1.54, 1.807) is 6.20 Å². The number of hydrogen-bond acceptors (Lipinski definition) is 3. The van der Waals surface area contributed by atoms with Crippen molar-refractivity contribution >= 4 is 5.96 Å². The molecule has 1 N–H and O–H groups in total. The lowest BCUT2D eigenvalue weighted by molar-refractivity contribution is 0.402. The van der Waals surface area contributed by atoms with Gasteiger partial charge in [-0.25, -0.2) is 10.0 Å². The van der Waals surface area contributed by atoms with Crippen LogP contribution in [-0.2, 0) is 0 Å². The van der Waals surface area contributed by atoms with Crippen LogP contribution in [0, 0.1) is 0 Å². The van der Waals surface area contributed by atoms with Crippen LogP contribution in [0.3, 0.4) is 0 Å². The first-order valence-corrected chi connectivity index (χ1v) is 3.38. The Morgan fingerprint density at radius 2 is 2.60 bits per heavy atom. The molecule has 2 aliphatic heterocycles. The SMILES string of the molecule is C1=C[N]N(C2=NCCN2)C1. The van der Waals surface area contributed by atoms with Crippen molar-refractivity contribution in [3.63, 3.8) is 0 Å². The summed E-state index contributed by atoms with van der Waals surface area (Å²) >= 11 is 0. The Bertz CT molecular complexity index is 176. The van der Waals surface area contributed by atoms with Crippen LogP contribution in [0.15, 0.2) is 17.3 Å². The van der Waals surface area contributed by atoms with Gasteiger partial charge in [-0.1, -0.05) is 0 Å². The van der Waals surface area contributed by atoms with Crippen LogP contribution in [0.5, 0.6) is 0 Å². The highest BCUT2D eigenvalue weighted by atomic mass is 15.6. The fourth-order valence-corrected chi connectivity index (χ4v) is 1.02. The Hall–Kier alpha value is -1.19. The predicted molar refractivity (Wildman–Crippen MR) is 38.3 cm³/mol. The first-order chi connectivity index (χ1) is 4.97. The van der Waals surface area contributed by atoms with E-state index in [1.165, 1.54) is 0 Å². The number of aliphatic imine (C=N–C) groups is 1. The standard InChI is InChI=1S/C6H9N4/c1-2-9-10(5-1)6-7-3-4-8-6/h1-2H,3-5H2,(H,7,8). The fourth-order valence-electron chi connectivity index (χ4n) is 1.02. The first-order valence-electron chi connectivity index (χ1n) is 3.38. The van der Waals surface area contributed by atoms with Crippen LogP contribution in [0.4, 0.5) is 0 Å². The Morgan fingerprint density at radius 3 is 3.20 bits per heavy atom. The molecule has 2 heterocycles. The van der Waals surface area contributed by atoms with Gasteiger partial charge in [-0.2, -0.15) is 5.43 Å². The summed E-state index contributed by atoms with van der Waals surface area (Å²) in [5, 5.41) is 4.99. The molecule has 0 saturated heterocycles. The summed E-state index contributed by atoms with van der Waals surface area (Å²) in [4.78, 5) is 4.22. The molecule has 0 aromatic heterocycles. The van der Waals surface area contributed by atoms with Crippen LogP contribution < -0.4 is 10.7 Å². The first kappa shape index (κ1) is 5.58. The van der Waals surface area contributed by atoms with Crippen LogP contribution in [0.1, 0.15) is 0 Å². The molecule has 1 radical (unpaired) electrons. The molecule has 0 aromatic carbocycles. The molecular formula is C6H9N4. The van der Waals surface area contributed by atoms with Gasteiger partial charge in [-0.3, -0.25) is 0 Å². The minimum Gasteiger partial charge on any atom is -0.353 e. The zero-order valence-electron chi connectivity index (χ0n) is 5.62. The van der Waals surface area contributed by atoms with Gasteiger partial charge in [0.25, 0.3) is 0 Å². The molecule has 2 rings (SSSR count). The van der Waals surface area contributed by atoms with Gasteiger partial charge in [-0.15, -0.1) is 0 Å². The summed E-state index contributed by atoms with van der Waals surface area (Å²) in [7, 11) is 0. The zero-order chi connectivity index (χ0) is 6.81. The quantitative estimate of drug-likeness (QED) is 0.479. The molecule has 0 aliphatic carbocycles. The predicted octanol–water partition coefficient (Wildman–Crippen LogP) is -0.706. The van der Waals surface area contributed by atoms with E-state index in [4.69, 9.17) is 0 Å². The van der Waals surface area contributed by atoms with E-state index in [0.29, 0.717) is 0 Å². The molecule has 0 aromatic rings. The Balaban J connectivity index is 1.99. The van der Waals surface area contributed by atoms with Crippen LogP contribution >= 0.6 is 0 Å². The van der Waals surface area contributed by atoms with E-state index in [-0.39, 0.29) is 0 Å². The molecule has 53 valence electrons. The zero-order valence-corrected chi connectivity index (χ0v) is 5.62. The fraction of sp³-hybridized carbons (Fsp3) is 0.500. The third-order valence-electron chi connectivity index (χ3n) is 1.49. The van der Waals surface area contributed by atoms with E-state index in [0.717, 1.165) is 25.6 Å². The maximum absolute atomic E-state index is 4.22. The third kappa shape index (κ3) is 0.814. The van der Waals surface area contributed by atoms with Crippen molar-refractivity contribution in [1.29, 1.82) is 0 Å². The molecule has 0 amide bonds. The van der Waals surface area contributed by atoms with Crippen molar-refractivity contribution in [2.45, 2.75) is 0 Å². The van der Waals surface area contributed by atoms with E-state index < -0.39 is 0 Å². The van der Waals surface area contributed by atoms with Crippen molar-refractivity contribution in [2.24, 2.45) is 4.99 Å². The monoisotopic (exact) mass is 137 g/mol. The third-order valence-corrected chi connectivity index (χ3v) is 1.49. The second kappa shape index (κ2) is 2.21. The van der Waals surface area contributed by atoms with Crippen molar-refractivity contribution in [1.82, 2.24) is 15.8 Å². The Morgan fingerprint density at radius 1 is 1.60 bits per heavy atom. The molecule has 2 aliphatic rings. The number of rotatable bonds is 0. The van der Waals surface area contributed by atoms with Gasteiger partial charge in [-0.05, 0) is 6.08 Å². The lowest BCUT2D eigenvalue weighted by Gasteiger charge is -2.14. The van der Waals surface area contributed by atoms with Gasteiger partial charge in [0, 0.05) is 12.7 Å². The Kier molecular flexibility index (Phi) is 1.23. The summed E-state index contributed by atoms with van der Waals surface area (Å²) in [5.74, 6) is 0.907. The topological polar surface area (TPSA) is 41.7 Å². The van der Waals surface area contributed by atoms with Gasteiger partial charge in [0.2, 0.25) is 5.96 Å². The molecule has 0 bridgehead atoms. The highest BCUT2D eigenvalue weighted by Gasteiger charge is 2.15. The van der Waals surface area contributed by atoms with Crippen LogP contribution in [0.25, 0.3) is 0 Å². The second-order valence-electron chi connectivity index (χ2n) is 2.21. The van der Waals surface area contributed by atoms with Crippen molar-refractivity contribution < 1.29 is 0 Å². The summed E-state index contributed by atoms with van der Waals surface area (Å²) in [6, 6.07) is 0. The van der Waals surface area contributed by atoms with Gasteiger partial charge < -0.3 is 5.32 Å². The normalized spacial score (nSPS) is 22.4. The molecular weight excluding hydrogens is 128 g/mol. The highest BCUT2D eigenvalue weighted by Crippen LogP contribution is 1.97. The van der Waals surface area contributed by atoms with E-state index in [1.807, 2.05) is 11.1 Å². The molecule has 0 saturated carbocycles. The molecule has 0 spiro atoms. The molecule has 10 heavy (non-hydrogen) atoms. The molecule has 4 heteroatoms. The minimum atomic E-state index is 0.853. The number of nitrogens with zero attached hydrogens (tertiary/aromatic N) is 3. The maximum atomic E-state index is 4.22.